The van der Waals surface area contributed by atoms with Gasteiger partial charge in [-0.1, -0.05) is 13.3 Å². The molecule has 3 rings (SSSR count). The van der Waals surface area contributed by atoms with Crippen LogP contribution in [-0.4, -0.2) is 33.6 Å². The number of nitrogens with zero attached hydrogens (tertiary/aromatic N) is 1. The molecule has 1 saturated heterocycles. The fourth-order valence-corrected chi connectivity index (χ4v) is 4.02. The first-order valence-electron chi connectivity index (χ1n) is 8.96. The molecule has 0 aromatic heterocycles. The summed E-state index contributed by atoms with van der Waals surface area (Å²) in [5.41, 5.74) is 13.8. The molecule has 4 N–H and O–H groups in total. The lowest BCUT2D eigenvalue weighted by Gasteiger charge is -2.36. The quantitative estimate of drug-likeness (QED) is 0.690. The van der Waals surface area contributed by atoms with Gasteiger partial charge in [-0.25, -0.2) is 5.43 Å². The number of hydrazine groups is 1. The minimum absolute atomic E-state index is 0.00490. The van der Waals surface area contributed by atoms with Crippen LogP contribution in [-0.2, 0) is 4.74 Å². The third kappa shape index (κ3) is 3.24. The highest BCUT2D eigenvalue weighted by atomic mass is 16.5. The molecular weight excluding hydrogens is 348 g/mol. The van der Waals surface area contributed by atoms with Crippen LogP contribution in [0.15, 0.2) is 23.6 Å². The van der Waals surface area contributed by atoms with Gasteiger partial charge >= 0.3 is 0 Å². The smallest absolute Gasteiger partial charge is 0.203 e. The van der Waals surface area contributed by atoms with Gasteiger partial charge in [-0.15, -0.1) is 0 Å². The number of hydrogen-bond donors (Lipinski definition) is 3. The van der Waals surface area contributed by atoms with Gasteiger partial charge in [0.1, 0.15) is 6.07 Å². The lowest BCUT2D eigenvalue weighted by Crippen LogP contribution is -2.41. The molecule has 0 amide bonds. The molecule has 1 fully saturated rings. The van der Waals surface area contributed by atoms with Crippen molar-refractivity contribution in [1.29, 1.82) is 5.26 Å². The van der Waals surface area contributed by atoms with Crippen molar-refractivity contribution in [3.8, 4) is 23.3 Å². The number of hydrogen-bond acceptors (Lipinski definition) is 8. The van der Waals surface area contributed by atoms with Crippen molar-refractivity contribution in [1.82, 2.24) is 10.9 Å². The topological polar surface area (TPSA) is 111 Å². The van der Waals surface area contributed by atoms with Gasteiger partial charge in [0, 0.05) is 17.9 Å². The molecule has 0 aliphatic carbocycles. The van der Waals surface area contributed by atoms with Gasteiger partial charge in [0.05, 0.1) is 26.9 Å². The third-order valence-corrected chi connectivity index (χ3v) is 5.21. The maximum atomic E-state index is 9.79. The van der Waals surface area contributed by atoms with Crippen LogP contribution >= 0.6 is 0 Å². The van der Waals surface area contributed by atoms with Crippen molar-refractivity contribution >= 4 is 0 Å². The number of fused-ring (bicyclic) bond motifs is 1. The fourth-order valence-electron chi connectivity index (χ4n) is 4.02. The Hall–Kier alpha value is -2.63. The summed E-state index contributed by atoms with van der Waals surface area (Å²) >= 11 is 0. The second-order valence-corrected chi connectivity index (χ2v) is 6.63. The predicted octanol–water partition coefficient (Wildman–Crippen LogP) is 1.74. The van der Waals surface area contributed by atoms with Crippen LogP contribution in [0, 0.1) is 17.2 Å². The van der Waals surface area contributed by atoms with Crippen LogP contribution in [0.2, 0.25) is 0 Å². The average Bonchev–Trinajstić information content (AvgIpc) is 3.07. The maximum absolute atomic E-state index is 9.79. The van der Waals surface area contributed by atoms with Crippen molar-refractivity contribution in [3.05, 3.63) is 29.2 Å². The maximum Gasteiger partial charge on any atom is 0.203 e. The molecule has 146 valence electrons. The van der Waals surface area contributed by atoms with Gasteiger partial charge in [0.15, 0.2) is 17.7 Å². The highest BCUT2D eigenvalue weighted by molar-refractivity contribution is 5.56. The van der Waals surface area contributed by atoms with Crippen LogP contribution in [0.4, 0.5) is 0 Å². The number of rotatable bonds is 6. The summed E-state index contributed by atoms with van der Waals surface area (Å²) in [6.45, 7) is 2.13. The Morgan fingerprint density at radius 2 is 1.81 bits per heavy atom. The summed E-state index contributed by atoms with van der Waals surface area (Å²) in [7, 11) is 4.70. The van der Waals surface area contributed by atoms with E-state index >= 15 is 0 Å². The van der Waals surface area contributed by atoms with Crippen molar-refractivity contribution < 1.29 is 18.9 Å². The number of benzene rings is 1. The molecule has 4 atom stereocenters. The normalized spacial score (nSPS) is 26.8. The van der Waals surface area contributed by atoms with Crippen molar-refractivity contribution in [2.45, 2.75) is 38.0 Å². The molecular formula is C19H26N4O4. The van der Waals surface area contributed by atoms with Crippen LogP contribution in [0.3, 0.4) is 0 Å². The molecule has 4 unspecified atom stereocenters. The molecule has 1 aromatic carbocycles. The van der Waals surface area contributed by atoms with Crippen LogP contribution < -0.4 is 30.8 Å². The zero-order chi connectivity index (χ0) is 19.6. The zero-order valence-electron chi connectivity index (χ0n) is 16.0. The average molecular weight is 374 g/mol. The number of nitriles is 1. The van der Waals surface area contributed by atoms with E-state index in [2.05, 4.69) is 23.8 Å². The Morgan fingerprint density at radius 1 is 1.15 bits per heavy atom. The lowest BCUT2D eigenvalue weighted by molar-refractivity contribution is 0.0336. The predicted molar refractivity (Wildman–Crippen MR) is 99.0 cm³/mol. The molecule has 8 heteroatoms. The molecule has 1 aromatic rings. The second kappa shape index (κ2) is 7.94. The summed E-state index contributed by atoms with van der Waals surface area (Å²) in [6, 6.07) is 6.13. The Labute approximate surface area is 159 Å². The van der Waals surface area contributed by atoms with Gasteiger partial charge in [0.25, 0.3) is 0 Å². The molecule has 2 aliphatic heterocycles. The number of ether oxygens (including phenoxy) is 4. The van der Waals surface area contributed by atoms with Gasteiger partial charge in [0.2, 0.25) is 11.6 Å². The fraction of sp³-hybridized carbons (Fsp3) is 0.526. The Bertz CT molecular complexity index is 748. The summed E-state index contributed by atoms with van der Waals surface area (Å²) in [5.74, 6) is 1.46. The van der Waals surface area contributed by atoms with Gasteiger partial charge in [-0.2, -0.15) is 5.26 Å². The molecule has 0 spiro atoms. The SMILES string of the molecule is CCCC1NNC2OC(N)=C(C#N)C(c3cc(OC)c(OC)c(OC)c3)C12. The highest BCUT2D eigenvalue weighted by Gasteiger charge is 2.48. The van der Waals surface area contributed by atoms with Crippen molar-refractivity contribution in [2.75, 3.05) is 21.3 Å². The highest BCUT2D eigenvalue weighted by Crippen LogP contribution is 2.48. The Kier molecular flexibility index (Phi) is 5.63. The summed E-state index contributed by atoms with van der Waals surface area (Å²) < 4.78 is 22.2. The largest absolute Gasteiger partial charge is 0.493 e. The van der Waals surface area contributed by atoms with Crippen LogP contribution in [0.25, 0.3) is 0 Å². The van der Waals surface area contributed by atoms with E-state index in [0.717, 1.165) is 18.4 Å². The van der Waals surface area contributed by atoms with E-state index in [1.165, 1.54) is 0 Å². The van der Waals surface area contributed by atoms with Crippen LogP contribution in [0.5, 0.6) is 17.2 Å². The van der Waals surface area contributed by atoms with E-state index in [4.69, 9.17) is 24.7 Å². The zero-order valence-corrected chi connectivity index (χ0v) is 16.0. The number of allylic oxidation sites excluding steroid dienone is 1. The molecule has 0 saturated carbocycles. The Balaban J connectivity index is 2.16. The summed E-state index contributed by atoms with van der Waals surface area (Å²) in [6.07, 6.45) is 1.63. The van der Waals surface area contributed by atoms with Gasteiger partial charge in [-0.3, -0.25) is 5.43 Å². The third-order valence-electron chi connectivity index (χ3n) is 5.21. The first kappa shape index (κ1) is 19.1. The summed E-state index contributed by atoms with van der Waals surface area (Å²) in [5, 5.41) is 9.79. The van der Waals surface area contributed by atoms with E-state index in [1.807, 2.05) is 12.1 Å². The second-order valence-electron chi connectivity index (χ2n) is 6.63. The lowest BCUT2D eigenvalue weighted by atomic mass is 9.74. The number of nitrogens with one attached hydrogen (secondary N) is 2. The van der Waals surface area contributed by atoms with Gasteiger partial charge in [-0.05, 0) is 24.1 Å². The Morgan fingerprint density at radius 3 is 2.33 bits per heavy atom. The van der Waals surface area contributed by atoms with E-state index in [0.29, 0.717) is 22.8 Å². The molecule has 0 radical (unpaired) electrons. The van der Waals surface area contributed by atoms with E-state index in [1.54, 1.807) is 21.3 Å². The van der Waals surface area contributed by atoms with Crippen molar-refractivity contribution in [2.24, 2.45) is 11.7 Å². The van der Waals surface area contributed by atoms with Gasteiger partial charge < -0.3 is 24.7 Å². The first-order valence-corrected chi connectivity index (χ1v) is 8.96. The molecule has 27 heavy (non-hydrogen) atoms. The number of methoxy groups -OCH3 is 3. The monoisotopic (exact) mass is 374 g/mol. The van der Waals surface area contributed by atoms with E-state index in [9.17, 15) is 5.26 Å². The van der Waals surface area contributed by atoms with E-state index < -0.39 is 0 Å². The van der Waals surface area contributed by atoms with Crippen LogP contribution in [0.1, 0.15) is 31.2 Å². The van der Waals surface area contributed by atoms with E-state index in [-0.39, 0.29) is 30.0 Å². The molecule has 2 heterocycles. The minimum Gasteiger partial charge on any atom is -0.493 e. The molecule has 2 aliphatic rings. The molecule has 0 bridgehead atoms. The standard InChI is InChI=1S/C19H26N4O4/c1-5-6-12-16-15(11(9-20)18(21)27-19(16)23-22-12)10-7-13(24-2)17(26-4)14(8-10)25-3/h7-8,12,15-16,19,22-23H,5-6,21H2,1-4H3. The van der Waals surface area contributed by atoms with Crippen molar-refractivity contribution in [3.63, 3.8) is 0 Å². The summed E-state index contributed by atoms with van der Waals surface area (Å²) in [4.78, 5) is 0. The molecule has 8 nitrogen and oxygen atoms in total. The minimum atomic E-state index is -0.317. The first-order chi connectivity index (χ1) is 13.1. The number of nitrogens with two attached hydrogens (primary N) is 1.